The molecular formula is C21H25FN4O2. The summed E-state index contributed by atoms with van der Waals surface area (Å²) in [6, 6.07) is 7.22. The Morgan fingerprint density at radius 1 is 1.25 bits per heavy atom. The molecule has 6 nitrogen and oxygen atoms in total. The Bertz CT molecular complexity index is 871. The van der Waals surface area contributed by atoms with Crippen molar-refractivity contribution < 1.29 is 13.9 Å². The summed E-state index contributed by atoms with van der Waals surface area (Å²) in [5.74, 6) is -0.301. The first-order valence-electron chi connectivity index (χ1n) is 9.62. The summed E-state index contributed by atoms with van der Waals surface area (Å²) in [6.45, 7) is 5.03. The van der Waals surface area contributed by atoms with E-state index in [0.29, 0.717) is 12.1 Å². The van der Waals surface area contributed by atoms with E-state index in [9.17, 15) is 9.18 Å². The van der Waals surface area contributed by atoms with Crippen LogP contribution in [0.5, 0.6) is 6.01 Å². The van der Waals surface area contributed by atoms with Gasteiger partial charge >= 0.3 is 6.01 Å². The van der Waals surface area contributed by atoms with Crippen LogP contribution in [0.3, 0.4) is 0 Å². The number of hydrogen-bond donors (Lipinski definition) is 0. The molecule has 2 saturated heterocycles. The Balaban J connectivity index is 1.63. The highest BCUT2D eigenvalue weighted by Gasteiger charge is 2.50. The Hall–Kier alpha value is -2.70. The summed E-state index contributed by atoms with van der Waals surface area (Å²) in [4.78, 5) is 25.6. The molecule has 0 saturated carbocycles. The number of carbonyl (C=O) groups excluding carboxylic acids is 1. The maximum absolute atomic E-state index is 13.9. The highest BCUT2D eigenvalue weighted by atomic mass is 19.1. The largest absolute Gasteiger partial charge is 0.467 e. The lowest BCUT2D eigenvalue weighted by Gasteiger charge is -2.42. The third-order valence-electron chi connectivity index (χ3n) is 5.84. The van der Waals surface area contributed by atoms with E-state index in [1.54, 1.807) is 12.1 Å². The van der Waals surface area contributed by atoms with Crippen LogP contribution >= 0.6 is 0 Å². The van der Waals surface area contributed by atoms with E-state index >= 15 is 0 Å². The second-order valence-electron chi connectivity index (χ2n) is 8.10. The van der Waals surface area contributed by atoms with Crippen molar-refractivity contribution in [1.29, 1.82) is 0 Å². The summed E-state index contributed by atoms with van der Waals surface area (Å²) in [5.41, 5.74) is 1.16. The Morgan fingerprint density at radius 3 is 2.68 bits per heavy atom. The molecule has 0 unspecified atom stereocenters. The molecule has 4 rings (SSSR count). The van der Waals surface area contributed by atoms with Crippen LogP contribution < -0.4 is 9.64 Å². The van der Waals surface area contributed by atoms with Gasteiger partial charge in [0.1, 0.15) is 5.82 Å². The van der Waals surface area contributed by atoms with Gasteiger partial charge in [-0.3, -0.25) is 4.79 Å². The van der Waals surface area contributed by atoms with Crippen molar-refractivity contribution in [3.05, 3.63) is 48.0 Å². The first kappa shape index (κ1) is 18.7. The van der Waals surface area contributed by atoms with Gasteiger partial charge in [0.05, 0.1) is 24.8 Å². The van der Waals surface area contributed by atoms with Gasteiger partial charge in [0.25, 0.3) is 5.91 Å². The molecule has 1 aromatic heterocycles. The van der Waals surface area contributed by atoms with Crippen LogP contribution in [-0.2, 0) is 0 Å². The topological polar surface area (TPSA) is 58.6 Å². The van der Waals surface area contributed by atoms with Gasteiger partial charge in [-0.2, -0.15) is 0 Å². The quantitative estimate of drug-likeness (QED) is 0.813. The van der Waals surface area contributed by atoms with Gasteiger partial charge in [0.15, 0.2) is 0 Å². The van der Waals surface area contributed by atoms with Crippen molar-refractivity contribution in [2.24, 2.45) is 0 Å². The molecule has 2 aliphatic heterocycles. The van der Waals surface area contributed by atoms with Gasteiger partial charge in [-0.25, -0.2) is 14.4 Å². The van der Waals surface area contributed by atoms with E-state index < -0.39 is 0 Å². The predicted molar refractivity (Wildman–Crippen MR) is 104 cm³/mol. The fourth-order valence-electron chi connectivity index (χ4n) is 4.76. The summed E-state index contributed by atoms with van der Waals surface area (Å²) in [6.07, 6.45) is 5.75. The molecule has 3 heterocycles. The van der Waals surface area contributed by atoms with E-state index in [2.05, 4.69) is 28.7 Å². The predicted octanol–water partition coefficient (Wildman–Crippen LogP) is 3.29. The number of ether oxygens (including phenoxy) is 1. The van der Waals surface area contributed by atoms with Crippen molar-refractivity contribution in [2.75, 3.05) is 18.6 Å². The second kappa shape index (κ2) is 7.04. The van der Waals surface area contributed by atoms with Crippen LogP contribution in [0, 0.1) is 5.82 Å². The number of fused-ring (bicyclic) bond motifs is 1. The lowest BCUT2D eigenvalue weighted by molar-refractivity contribution is 0.0604. The van der Waals surface area contributed by atoms with Gasteiger partial charge in [-0.15, -0.1) is 0 Å². The molecule has 28 heavy (non-hydrogen) atoms. The molecule has 0 bridgehead atoms. The van der Waals surface area contributed by atoms with Crippen molar-refractivity contribution in [3.8, 4) is 6.01 Å². The Kier molecular flexibility index (Phi) is 4.69. The molecule has 0 spiro atoms. The van der Waals surface area contributed by atoms with Crippen LogP contribution in [0.2, 0.25) is 0 Å². The average Bonchev–Trinajstić information content (AvgIpc) is 2.97. The molecule has 0 N–H and O–H groups in total. The maximum atomic E-state index is 13.9. The standard InChI is InChI=1S/C21H25FN4O2/c1-21(2)11-18-17(26(21)16-7-4-6-15(22)10-16)8-5-9-25(18)19(27)14-12-23-20(28-3)24-13-14/h4,6-7,10,12-13,17-18H,5,8-9,11H2,1-3H3/t17-,18-/m0/s1. The Morgan fingerprint density at radius 2 is 2.00 bits per heavy atom. The first-order chi connectivity index (χ1) is 13.4. The van der Waals surface area contributed by atoms with E-state index in [4.69, 9.17) is 4.74 Å². The smallest absolute Gasteiger partial charge is 0.316 e. The van der Waals surface area contributed by atoms with Crippen LogP contribution in [0.1, 0.15) is 43.5 Å². The summed E-state index contributed by atoms with van der Waals surface area (Å²) in [7, 11) is 1.49. The van der Waals surface area contributed by atoms with Crippen molar-refractivity contribution >= 4 is 11.6 Å². The van der Waals surface area contributed by atoms with Gasteiger partial charge < -0.3 is 14.5 Å². The number of likely N-dealkylation sites (tertiary alicyclic amines) is 1. The van der Waals surface area contributed by atoms with Crippen LogP contribution in [0.15, 0.2) is 36.7 Å². The number of piperidine rings is 1. The number of methoxy groups -OCH3 is 1. The van der Waals surface area contributed by atoms with Gasteiger partial charge in [0.2, 0.25) is 0 Å². The monoisotopic (exact) mass is 384 g/mol. The number of carbonyl (C=O) groups is 1. The van der Waals surface area contributed by atoms with Crippen molar-refractivity contribution in [2.45, 2.75) is 50.7 Å². The number of halogens is 1. The molecular weight excluding hydrogens is 359 g/mol. The average molecular weight is 384 g/mol. The summed E-state index contributed by atoms with van der Waals surface area (Å²) in [5, 5.41) is 0. The molecule has 2 aliphatic rings. The minimum atomic E-state index is -0.240. The minimum Gasteiger partial charge on any atom is -0.467 e. The highest BCUT2D eigenvalue weighted by Crippen LogP contribution is 2.44. The van der Waals surface area contributed by atoms with E-state index in [1.807, 2.05) is 11.0 Å². The third kappa shape index (κ3) is 3.19. The second-order valence-corrected chi connectivity index (χ2v) is 8.10. The molecule has 2 atom stereocenters. The summed E-state index contributed by atoms with van der Waals surface area (Å²) >= 11 is 0. The Labute approximate surface area is 164 Å². The molecule has 2 aromatic rings. The van der Waals surface area contributed by atoms with Crippen molar-refractivity contribution in [3.63, 3.8) is 0 Å². The van der Waals surface area contributed by atoms with E-state index in [0.717, 1.165) is 24.9 Å². The number of rotatable bonds is 3. The zero-order chi connectivity index (χ0) is 19.9. The molecule has 1 amide bonds. The molecule has 1 aromatic carbocycles. The van der Waals surface area contributed by atoms with Gasteiger partial charge in [0, 0.05) is 30.2 Å². The van der Waals surface area contributed by atoms with Gasteiger partial charge in [-0.05, 0) is 51.3 Å². The molecule has 7 heteroatoms. The fourth-order valence-corrected chi connectivity index (χ4v) is 4.76. The lowest BCUT2D eigenvalue weighted by Crippen LogP contribution is -2.53. The normalized spacial score (nSPS) is 23.4. The number of nitrogens with zero attached hydrogens (tertiary/aromatic N) is 4. The maximum Gasteiger partial charge on any atom is 0.316 e. The fraction of sp³-hybridized carbons (Fsp3) is 0.476. The van der Waals surface area contributed by atoms with Crippen LogP contribution in [0.25, 0.3) is 0 Å². The number of benzene rings is 1. The molecule has 2 fully saturated rings. The molecule has 148 valence electrons. The zero-order valence-electron chi connectivity index (χ0n) is 16.4. The van der Waals surface area contributed by atoms with Crippen molar-refractivity contribution in [1.82, 2.24) is 14.9 Å². The lowest BCUT2D eigenvalue weighted by atomic mass is 9.93. The van der Waals surface area contributed by atoms with E-state index in [-0.39, 0.29) is 35.4 Å². The number of amides is 1. The van der Waals surface area contributed by atoms with E-state index in [1.165, 1.54) is 25.6 Å². The number of aromatic nitrogens is 2. The van der Waals surface area contributed by atoms with Crippen LogP contribution in [-0.4, -0.2) is 52.1 Å². The molecule has 0 aliphatic carbocycles. The summed E-state index contributed by atoms with van der Waals surface area (Å²) < 4.78 is 18.8. The SMILES string of the molecule is COc1ncc(C(=O)N2CCC[C@H]3[C@@H]2CC(C)(C)N3c2cccc(F)c2)cn1. The zero-order valence-corrected chi connectivity index (χ0v) is 16.4. The minimum absolute atomic E-state index is 0.0609. The van der Waals surface area contributed by atoms with Crippen LogP contribution in [0.4, 0.5) is 10.1 Å². The third-order valence-corrected chi connectivity index (χ3v) is 5.84. The number of anilines is 1. The van der Waals surface area contributed by atoms with Gasteiger partial charge in [-0.1, -0.05) is 6.07 Å². The number of hydrogen-bond acceptors (Lipinski definition) is 5. The molecule has 0 radical (unpaired) electrons. The first-order valence-corrected chi connectivity index (χ1v) is 9.62. The highest BCUT2D eigenvalue weighted by molar-refractivity contribution is 5.94.